The van der Waals surface area contributed by atoms with Crippen molar-refractivity contribution in [1.82, 2.24) is 10.3 Å². The lowest BCUT2D eigenvalue weighted by Gasteiger charge is -2.26. The molecule has 0 bridgehead atoms. The Morgan fingerprint density at radius 1 is 1.20 bits per heavy atom. The Balaban J connectivity index is 2.76. The van der Waals surface area contributed by atoms with Gasteiger partial charge in [0.15, 0.2) is 0 Å². The fraction of sp³-hybridized carbons (Fsp3) is 0.667. The minimum atomic E-state index is 0.711. The van der Waals surface area contributed by atoms with Gasteiger partial charge in [-0.2, -0.15) is 0 Å². The normalized spacial score (nSPS) is 10.8. The Hall–Kier alpha value is -1.17. The number of hydrogen-bond donors (Lipinski definition) is 1. The third-order valence-electron chi connectivity index (χ3n) is 3.14. The van der Waals surface area contributed by atoms with E-state index < -0.39 is 0 Å². The van der Waals surface area contributed by atoms with Crippen molar-refractivity contribution in [2.75, 3.05) is 52.0 Å². The maximum atomic E-state index is 5.21. The van der Waals surface area contributed by atoms with E-state index in [9.17, 15) is 0 Å². The molecule has 5 nitrogen and oxygen atoms in total. The number of hydrogen-bond acceptors (Lipinski definition) is 5. The van der Waals surface area contributed by atoms with Gasteiger partial charge in [-0.1, -0.05) is 6.92 Å². The van der Waals surface area contributed by atoms with E-state index in [1.165, 1.54) is 11.3 Å². The van der Waals surface area contributed by atoms with Crippen LogP contribution in [0.3, 0.4) is 0 Å². The summed E-state index contributed by atoms with van der Waals surface area (Å²) in [5.74, 6) is 0. The number of methoxy groups -OCH3 is 2. The highest BCUT2D eigenvalue weighted by molar-refractivity contribution is 5.51. The first-order valence-electron chi connectivity index (χ1n) is 7.19. The third-order valence-corrected chi connectivity index (χ3v) is 3.14. The molecule has 0 unspecified atom stereocenters. The molecule has 0 fully saturated rings. The molecule has 20 heavy (non-hydrogen) atoms. The maximum Gasteiger partial charge on any atom is 0.0637 e. The molecule has 0 saturated carbocycles. The highest BCUT2D eigenvalue weighted by Gasteiger charge is 2.11. The average molecular weight is 281 g/mol. The van der Waals surface area contributed by atoms with Crippen LogP contribution in [0.1, 0.15) is 18.9 Å². The van der Waals surface area contributed by atoms with Crippen molar-refractivity contribution in [3.8, 4) is 0 Å². The summed E-state index contributed by atoms with van der Waals surface area (Å²) in [6, 6.07) is 2.08. The molecule has 0 radical (unpaired) electrons. The number of ether oxygens (including phenoxy) is 2. The molecule has 1 heterocycles. The number of nitrogens with zero attached hydrogens (tertiary/aromatic N) is 2. The fourth-order valence-corrected chi connectivity index (χ4v) is 2.06. The summed E-state index contributed by atoms with van der Waals surface area (Å²) in [5.41, 5.74) is 2.46. The van der Waals surface area contributed by atoms with Gasteiger partial charge >= 0.3 is 0 Å². The highest BCUT2D eigenvalue weighted by atomic mass is 16.5. The van der Waals surface area contributed by atoms with E-state index in [0.717, 1.165) is 39.2 Å². The first kappa shape index (κ1) is 16.9. The standard InChI is InChI=1S/C15H27N3O2/c1-4-16-12-14-6-7-17-13-15(14)18(9-11-20-3)8-5-10-19-2/h6-7,13,16H,4-5,8-12H2,1-3H3. The van der Waals surface area contributed by atoms with Gasteiger partial charge in [0, 0.05) is 46.7 Å². The summed E-state index contributed by atoms with van der Waals surface area (Å²) in [6.45, 7) is 7.23. The van der Waals surface area contributed by atoms with Crippen LogP contribution in [0, 0.1) is 0 Å². The van der Waals surface area contributed by atoms with Gasteiger partial charge in [-0.3, -0.25) is 4.98 Å². The number of aromatic nitrogens is 1. The lowest BCUT2D eigenvalue weighted by atomic mass is 10.2. The van der Waals surface area contributed by atoms with Gasteiger partial charge in [0.05, 0.1) is 18.5 Å². The second-order valence-corrected chi connectivity index (χ2v) is 4.61. The number of rotatable bonds is 11. The SMILES string of the molecule is CCNCc1ccncc1N(CCCOC)CCOC. The topological polar surface area (TPSA) is 46.6 Å². The van der Waals surface area contributed by atoms with Crippen molar-refractivity contribution < 1.29 is 9.47 Å². The molecule has 1 N–H and O–H groups in total. The zero-order valence-electron chi connectivity index (χ0n) is 12.9. The Morgan fingerprint density at radius 3 is 2.70 bits per heavy atom. The molecule has 0 aromatic carbocycles. The van der Waals surface area contributed by atoms with Crippen molar-refractivity contribution in [3.05, 3.63) is 24.0 Å². The summed E-state index contributed by atoms with van der Waals surface area (Å²) in [5, 5.41) is 3.37. The molecule has 0 saturated heterocycles. The van der Waals surface area contributed by atoms with E-state index in [1.807, 2.05) is 12.4 Å². The van der Waals surface area contributed by atoms with E-state index in [1.54, 1.807) is 14.2 Å². The summed E-state index contributed by atoms with van der Waals surface area (Å²) < 4.78 is 10.4. The first-order valence-corrected chi connectivity index (χ1v) is 7.19. The van der Waals surface area contributed by atoms with Crippen LogP contribution in [0.4, 0.5) is 5.69 Å². The molecule has 1 rings (SSSR count). The molecule has 0 amide bonds. The molecule has 0 spiro atoms. The monoisotopic (exact) mass is 281 g/mol. The van der Waals surface area contributed by atoms with Crippen LogP contribution in [0.2, 0.25) is 0 Å². The van der Waals surface area contributed by atoms with Crippen LogP contribution in [-0.2, 0) is 16.0 Å². The molecule has 0 aliphatic rings. The van der Waals surface area contributed by atoms with Crippen LogP contribution < -0.4 is 10.2 Å². The molecule has 0 atom stereocenters. The maximum absolute atomic E-state index is 5.21. The molecule has 5 heteroatoms. The lowest BCUT2D eigenvalue weighted by Crippen LogP contribution is -2.30. The second kappa shape index (κ2) is 10.6. The Labute approximate surface area is 122 Å². The predicted molar refractivity (Wildman–Crippen MR) is 82.2 cm³/mol. The minimum Gasteiger partial charge on any atom is -0.385 e. The van der Waals surface area contributed by atoms with Crippen molar-refractivity contribution in [3.63, 3.8) is 0 Å². The Morgan fingerprint density at radius 2 is 2.00 bits per heavy atom. The van der Waals surface area contributed by atoms with Crippen LogP contribution in [0.15, 0.2) is 18.5 Å². The van der Waals surface area contributed by atoms with Crippen LogP contribution >= 0.6 is 0 Å². The van der Waals surface area contributed by atoms with Crippen LogP contribution in [0.5, 0.6) is 0 Å². The van der Waals surface area contributed by atoms with Gasteiger partial charge in [-0.25, -0.2) is 0 Å². The van der Waals surface area contributed by atoms with Gasteiger partial charge < -0.3 is 19.7 Å². The molecule has 0 aliphatic heterocycles. The number of nitrogens with one attached hydrogen (secondary N) is 1. The molecule has 1 aromatic rings. The zero-order valence-corrected chi connectivity index (χ0v) is 12.9. The van der Waals surface area contributed by atoms with E-state index in [4.69, 9.17) is 9.47 Å². The molecule has 1 aromatic heterocycles. The molecule has 114 valence electrons. The van der Waals surface area contributed by atoms with Crippen LogP contribution in [-0.4, -0.2) is 52.1 Å². The van der Waals surface area contributed by atoms with Crippen molar-refractivity contribution in [2.45, 2.75) is 19.9 Å². The van der Waals surface area contributed by atoms with Crippen molar-refractivity contribution in [2.24, 2.45) is 0 Å². The smallest absolute Gasteiger partial charge is 0.0637 e. The third kappa shape index (κ3) is 5.86. The van der Waals surface area contributed by atoms with E-state index in [2.05, 4.69) is 28.2 Å². The van der Waals surface area contributed by atoms with E-state index >= 15 is 0 Å². The van der Waals surface area contributed by atoms with Gasteiger partial charge in [0.2, 0.25) is 0 Å². The summed E-state index contributed by atoms with van der Waals surface area (Å²) in [7, 11) is 3.47. The quantitative estimate of drug-likeness (QED) is 0.625. The van der Waals surface area contributed by atoms with Gasteiger partial charge in [0.1, 0.15) is 0 Å². The van der Waals surface area contributed by atoms with E-state index in [-0.39, 0.29) is 0 Å². The number of pyridine rings is 1. The average Bonchev–Trinajstić information content (AvgIpc) is 2.49. The molecular weight excluding hydrogens is 254 g/mol. The fourth-order valence-electron chi connectivity index (χ4n) is 2.06. The molecule has 0 aliphatic carbocycles. The Kier molecular flexibility index (Phi) is 8.95. The van der Waals surface area contributed by atoms with E-state index in [0.29, 0.717) is 6.61 Å². The summed E-state index contributed by atoms with van der Waals surface area (Å²) >= 11 is 0. The van der Waals surface area contributed by atoms with Crippen molar-refractivity contribution >= 4 is 5.69 Å². The Bertz CT molecular complexity index is 361. The highest BCUT2D eigenvalue weighted by Crippen LogP contribution is 2.19. The zero-order chi connectivity index (χ0) is 14.6. The van der Waals surface area contributed by atoms with Crippen molar-refractivity contribution in [1.29, 1.82) is 0 Å². The van der Waals surface area contributed by atoms with Gasteiger partial charge in [0.25, 0.3) is 0 Å². The largest absolute Gasteiger partial charge is 0.385 e. The number of anilines is 1. The second-order valence-electron chi connectivity index (χ2n) is 4.61. The molecular formula is C15H27N3O2. The van der Waals surface area contributed by atoms with Crippen LogP contribution in [0.25, 0.3) is 0 Å². The first-order chi connectivity index (χ1) is 9.83. The lowest BCUT2D eigenvalue weighted by molar-refractivity contribution is 0.191. The summed E-state index contributed by atoms with van der Waals surface area (Å²) in [6.07, 6.45) is 4.78. The van der Waals surface area contributed by atoms with Gasteiger partial charge in [-0.05, 0) is 24.6 Å². The minimum absolute atomic E-state index is 0.711. The predicted octanol–water partition coefficient (Wildman–Crippen LogP) is 1.68. The van der Waals surface area contributed by atoms with Gasteiger partial charge in [-0.15, -0.1) is 0 Å². The summed E-state index contributed by atoms with van der Waals surface area (Å²) in [4.78, 5) is 6.59.